The van der Waals surface area contributed by atoms with E-state index in [0.717, 1.165) is 41.7 Å². The maximum Gasteiger partial charge on any atom is 0.135 e. The summed E-state index contributed by atoms with van der Waals surface area (Å²) in [7, 11) is 0. The van der Waals surface area contributed by atoms with Crippen molar-refractivity contribution in [3.8, 4) is 11.3 Å². The molecule has 1 aliphatic rings. The van der Waals surface area contributed by atoms with E-state index in [4.69, 9.17) is 16.3 Å². The number of rotatable bonds is 3. The molecule has 1 atom stereocenters. The van der Waals surface area contributed by atoms with Gasteiger partial charge in [0.1, 0.15) is 22.6 Å². The van der Waals surface area contributed by atoms with Crippen molar-refractivity contribution in [2.75, 3.05) is 6.61 Å². The smallest absolute Gasteiger partial charge is 0.135 e. The van der Waals surface area contributed by atoms with Crippen LogP contribution in [0.4, 0.5) is 0 Å². The Kier molecular flexibility index (Phi) is 4.48. The van der Waals surface area contributed by atoms with Gasteiger partial charge in [0, 0.05) is 18.2 Å². The second-order valence-corrected chi connectivity index (χ2v) is 7.26. The predicted molar refractivity (Wildman–Crippen MR) is 101 cm³/mol. The second-order valence-electron chi connectivity index (χ2n) is 6.88. The molecule has 3 aromatic rings. The monoisotopic (exact) mass is 355 g/mol. The van der Waals surface area contributed by atoms with Gasteiger partial charge in [-0.1, -0.05) is 49.7 Å². The summed E-state index contributed by atoms with van der Waals surface area (Å²) in [4.78, 5) is 9.30. The molecule has 1 aromatic carbocycles. The Labute approximate surface area is 152 Å². The predicted octanol–water partition coefficient (Wildman–Crippen LogP) is 5.57. The molecule has 1 fully saturated rings. The van der Waals surface area contributed by atoms with Crippen molar-refractivity contribution in [3.05, 3.63) is 47.4 Å². The number of pyridine rings is 1. The molecule has 4 rings (SSSR count). The van der Waals surface area contributed by atoms with Crippen LogP contribution < -0.4 is 0 Å². The molecule has 25 heavy (non-hydrogen) atoms. The van der Waals surface area contributed by atoms with Gasteiger partial charge in [-0.15, -0.1) is 0 Å². The zero-order valence-corrected chi connectivity index (χ0v) is 15.3. The summed E-state index contributed by atoms with van der Waals surface area (Å²) in [6.45, 7) is 5.18. The number of imidazole rings is 1. The molecule has 5 heteroatoms. The minimum Gasteiger partial charge on any atom is -0.358 e. The lowest BCUT2D eigenvalue weighted by atomic mass is 9.94. The molecule has 0 bridgehead atoms. The number of hydrogen-bond acceptors (Lipinski definition) is 3. The van der Waals surface area contributed by atoms with E-state index in [1.165, 1.54) is 12.0 Å². The fraction of sp³-hybridized carbons (Fsp3) is 0.400. The highest BCUT2D eigenvalue weighted by atomic mass is 35.5. The van der Waals surface area contributed by atoms with Gasteiger partial charge in [0.05, 0.1) is 11.8 Å². The van der Waals surface area contributed by atoms with Gasteiger partial charge in [0.25, 0.3) is 0 Å². The molecular weight excluding hydrogens is 334 g/mol. The highest BCUT2D eigenvalue weighted by Crippen LogP contribution is 2.35. The van der Waals surface area contributed by atoms with E-state index < -0.39 is 0 Å². The van der Waals surface area contributed by atoms with E-state index in [1.807, 2.05) is 18.5 Å². The molecule has 0 N–H and O–H groups in total. The molecule has 1 aliphatic heterocycles. The lowest BCUT2D eigenvalue weighted by molar-refractivity contribution is -0.0295. The van der Waals surface area contributed by atoms with Crippen LogP contribution in [0, 0.1) is 0 Å². The lowest BCUT2D eigenvalue weighted by Crippen LogP contribution is -2.17. The van der Waals surface area contributed by atoms with Crippen LogP contribution in [0.3, 0.4) is 0 Å². The van der Waals surface area contributed by atoms with Gasteiger partial charge >= 0.3 is 0 Å². The number of hydrogen-bond donors (Lipinski definition) is 0. The summed E-state index contributed by atoms with van der Waals surface area (Å²) in [6, 6.07) is 10.2. The molecular formula is C20H22ClN3O. The van der Waals surface area contributed by atoms with E-state index in [1.54, 1.807) is 0 Å². The quantitative estimate of drug-likeness (QED) is 0.576. The van der Waals surface area contributed by atoms with Crippen LogP contribution in [0.5, 0.6) is 0 Å². The van der Waals surface area contributed by atoms with Crippen LogP contribution in [0.2, 0.25) is 5.15 Å². The topological polar surface area (TPSA) is 39.9 Å². The molecule has 130 valence electrons. The summed E-state index contributed by atoms with van der Waals surface area (Å²) >= 11 is 6.38. The summed E-state index contributed by atoms with van der Waals surface area (Å²) in [5.41, 5.74) is 5.07. The third kappa shape index (κ3) is 3.05. The average Bonchev–Trinajstić information content (AvgIpc) is 3.05. The van der Waals surface area contributed by atoms with Crippen LogP contribution in [0.25, 0.3) is 22.3 Å². The van der Waals surface area contributed by atoms with Crippen molar-refractivity contribution < 1.29 is 4.74 Å². The summed E-state index contributed by atoms with van der Waals surface area (Å²) in [5.74, 6) is 0.399. The van der Waals surface area contributed by atoms with Crippen LogP contribution in [0.1, 0.15) is 50.8 Å². The van der Waals surface area contributed by atoms with Crippen LogP contribution >= 0.6 is 11.6 Å². The highest BCUT2D eigenvalue weighted by molar-refractivity contribution is 6.30. The minimum absolute atomic E-state index is 0.0328. The van der Waals surface area contributed by atoms with Gasteiger partial charge in [-0.25, -0.2) is 9.97 Å². The van der Waals surface area contributed by atoms with Gasteiger partial charge in [-0.2, -0.15) is 0 Å². The zero-order valence-electron chi connectivity index (χ0n) is 14.6. The van der Waals surface area contributed by atoms with E-state index in [0.29, 0.717) is 11.1 Å². The first-order chi connectivity index (χ1) is 12.1. The van der Waals surface area contributed by atoms with Gasteiger partial charge in [0.2, 0.25) is 0 Å². The van der Waals surface area contributed by atoms with Crippen molar-refractivity contribution in [1.82, 2.24) is 14.5 Å². The van der Waals surface area contributed by atoms with Crippen molar-refractivity contribution in [2.24, 2.45) is 0 Å². The molecule has 3 heterocycles. The van der Waals surface area contributed by atoms with Gasteiger partial charge in [0.15, 0.2) is 0 Å². The Morgan fingerprint density at radius 2 is 2.08 bits per heavy atom. The van der Waals surface area contributed by atoms with Gasteiger partial charge in [-0.3, -0.25) is 0 Å². The Hall–Kier alpha value is -1.91. The molecule has 1 unspecified atom stereocenters. The van der Waals surface area contributed by atoms with Crippen molar-refractivity contribution >= 4 is 22.6 Å². The third-order valence-electron chi connectivity index (χ3n) is 4.83. The zero-order chi connectivity index (χ0) is 17.4. The highest BCUT2D eigenvalue weighted by Gasteiger charge is 2.21. The molecule has 1 saturated heterocycles. The fourth-order valence-electron chi connectivity index (χ4n) is 3.58. The van der Waals surface area contributed by atoms with Crippen molar-refractivity contribution in [3.63, 3.8) is 0 Å². The number of halogens is 1. The summed E-state index contributed by atoms with van der Waals surface area (Å²) in [5, 5.41) is 0.485. The van der Waals surface area contributed by atoms with E-state index >= 15 is 0 Å². The first kappa shape index (κ1) is 16.6. The molecule has 2 aromatic heterocycles. The number of nitrogens with zero attached hydrogens (tertiary/aromatic N) is 3. The largest absolute Gasteiger partial charge is 0.358 e. The molecule has 0 saturated carbocycles. The van der Waals surface area contributed by atoms with Gasteiger partial charge < -0.3 is 9.30 Å². The minimum atomic E-state index is 0.0328. The van der Waals surface area contributed by atoms with Crippen LogP contribution in [0.15, 0.2) is 36.7 Å². The Morgan fingerprint density at radius 1 is 1.24 bits per heavy atom. The Bertz CT molecular complexity index is 897. The van der Waals surface area contributed by atoms with E-state index in [9.17, 15) is 0 Å². The van der Waals surface area contributed by atoms with Crippen LogP contribution in [-0.2, 0) is 4.74 Å². The first-order valence-electron chi connectivity index (χ1n) is 8.89. The molecule has 0 spiro atoms. The van der Waals surface area contributed by atoms with Crippen molar-refractivity contribution in [2.45, 2.75) is 45.3 Å². The summed E-state index contributed by atoms with van der Waals surface area (Å²) in [6.07, 6.45) is 5.19. The van der Waals surface area contributed by atoms with E-state index in [-0.39, 0.29) is 6.23 Å². The Balaban J connectivity index is 1.90. The number of benzene rings is 1. The van der Waals surface area contributed by atoms with Gasteiger partial charge in [-0.05, 0) is 30.7 Å². The third-order valence-corrected chi connectivity index (χ3v) is 5.03. The molecule has 0 radical (unpaired) electrons. The maximum absolute atomic E-state index is 6.38. The number of aromatic nitrogens is 3. The average molecular weight is 356 g/mol. The summed E-state index contributed by atoms with van der Waals surface area (Å²) < 4.78 is 8.04. The number of fused-ring (bicyclic) bond motifs is 1. The molecule has 0 amide bonds. The van der Waals surface area contributed by atoms with Crippen molar-refractivity contribution in [1.29, 1.82) is 0 Å². The maximum atomic E-state index is 6.38. The Morgan fingerprint density at radius 3 is 2.84 bits per heavy atom. The molecule has 0 aliphatic carbocycles. The second kappa shape index (κ2) is 6.77. The normalized spacial score (nSPS) is 18.2. The first-order valence-corrected chi connectivity index (χ1v) is 9.27. The number of ether oxygens (including phenoxy) is 1. The standard InChI is InChI=1S/C20H22ClN3O/c1-13(2)14-7-3-4-8-15(14)19-20-16(11-17(21)23-19)24(12-22-20)18-9-5-6-10-25-18/h3-4,7-8,11-13,18H,5-6,9-10H2,1-2H3. The van der Waals surface area contributed by atoms with E-state index in [2.05, 4.69) is 46.6 Å². The molecule has 4 nitrogen and oxygen atoms in total. The van der Waals surface area contributed by atoms with Crippen LogP contribution in [-0.4, -0.2) is 21.1 Å². The lowest BCUT2D eigenvalue weighted by Gasteiger charge is -2.24. The SMILES string of the molecule is CC(C)c1ccccc1-c1nc(Cl)cc2c1ncn2C1CCCCO1. The fourth-order valence-corrected chi connectivity index (χ4v) is 3.77.